The minimum absolute atomic E-state index is 0.0659. The van der Waals surface area contributed by atoms with Gasteiger partial charge in [0.25, 0.3) is 0 Å². The quantitative estimate of drug-likeness (QED) is 0.639. The van der Waals surface area contributed by atoms with Crippen molar-refractivity contribution in [3.63, 3.8) is 0 Å². The van der Waals surface area contributed by atoms with Gasteiger partial charge in [0.05, 0.1) is 12.2 Å². The summed E-state index contributed by atoms with van der Waals surface area (Å²) in [6.07, 6.45) is 1.73. The van der Waals surface area contributed by atoms with Gasteiger partial charge in [-0.15, -0.1) is 0 Å². The van der Waals surface area contributed by atoms with E-state index in [1.165, 1.54) is 0 Å². The zero-order valence-corrected chi connectivity index (χ0v) is 7.61. The van der Waals surface area contributed by atoms with E-state index in [0.29, 0.717) is 6.54 Å². The zero-order valence-electron chi connectivity index (χ0n) is 7.61. The van der Waals surface area contributed by atoms with Crippen LogP contribution in [0, 0.1) is 0 Å². The normalized spacial score (nSPS) is 9.92. The number of nitrogens with zero attached hydrogens (tertiary/aromatic N) is 3. The van der Waals surface area contributed by atoms with Gasteiger partial charge in [0.1, 0.15) is 0 Å². The number of rotatable bonds is 2. The predicted molar refractivity (Wildman–Crippen MR) is 45.4 cm³/mol. The van der Waals surface area contributed by atoms with Gasteiger partial charge < -0.3 is 4.90 Å². The van der Waals surface area contributed by atoms with Crippen LogP contribution < -0.4 is 0 Å². The first-order valence-corrected chi connectivity index (χ1v) is 3.80. The summed E-state index contributed by atoms with van der Waals surface area (Å²) < 4.78 is 1.76. The molecule has 4 heteroatoms. The van der Waals surface area contributed by atoms with Gasteiger partial charge in [0.15, 0.2) is 0 Å². The van der Waals surface area contributed by atoms with E-state index < -0.39 is 0 Å². The Morgan fingerprint density at radius 1 is 1.75 bits per heavy atom. The number of amides is 1. The molecule has 66 valence electrons. The second-order valence-corrected chi connectivity index (χ2v) is 2.82. The maximum Gasteiger partial charge on any atom is 0.219 e. The van der Waals surface area contributed by atoms with Crippen LogP contribution in [0.2, 0.25) is 0 Å². The highest BCUT2D eigenvalue weighted by molar-refractivity contribution is 5.72. The Morgan fingerprint density at radius 2 is 2.42 bits per heavy atom. The Hall–Kier alpha value is -1.32. The fourth-order valence-electron chi connectivity index (χ4n) is 0.911. The van der Waals surface area contributed by atoms with Crippen molar-refractivity contribution in [3.05, 3.63) is 18.0 Å². The van der Waals surface area contributed by atoms with Crippen molar-refractivity contribution in [2.75, 3.05) is 7.05 Å². The standard InChI is InChI=1S/C8H13N3O/c1-7(12)10(2)6-8-4-5-9-11(8)3/h4-5H,6H2,1-3H3. The van der Waals surface area contributed by atoms with E-state index in [2.05, 4.69) is 5.10 Å². The number of hydrogen-bond donors (Lipinski definition) is 0. The van der Waals surface area contributed by atoms with Gasteiger partial charge in [-0.3, -0.25) is 9.48 Å². The minimum Gasteiger partial charge on any atom is -0.340 e. The summed E-state index contributed by atoms with van der Waals surface area (Å²) in [5.74, 6) is 0.0659. The summed E-state index contributed by atoms with van der Waals surface area (Å²) in [6, 6.07) is 1.90. The molecule has 0 N–H and O–H groups in total. The molecule has 0 aromatic carbocycles. The lowest BCUT2D eigenvalue weighted by molar-refractivity contribution is -0.128. The molecular weight excluding hydrogens is 154 g/mol. The van der Waals surface area contributed by atoms with Crippen LogP contribution in [0.3, 0.4) is 0 Å². The molecule has 0 saturated heterocycles. The van der Waals surface area contributed by atoms with E-state index >= 15 is 0 Å². The summed E-state index contributed by atoms with van der Waals surface area (Å²) in [4.78, 5) is 12.5. The van der Waals surface area contributed by atoms with E-state index in [4.69, 9.17) is 0 Å². The van der Waals surface area contributed by atoms with Gasteiger partial charge in [-0.2, -0.15) is 5.10 Å². The Labute approximate surface area is 71.8 Å². The summed E-state index contributed by atoms with van der Waals surface area (Å²) in [5, 5.41) is 4.01. The molecule has 0 bridgehead atoms. The van der Waals surface area contributed by atoms with E-state index in [0.717, 1.165) is 5.69 Å². The summed E-state index contributed by atoms with van der Waals surface area (Å²) in [7, 11) is 3.64. The van der Waals surface area contributed by atoms with Crippen molar-refractivity contribution in [1.82, 2.24) is 14.7 Å². The second-order valence-electron chi connectivity index (χ2n) is 2.82. The van der Waals surface area contributed by atoms with Crippen LogP contribution in [0.1, 0.15) is 12.6 Å². The lowest BCUT2D eigenvalue weighted by Crippen LogP contribution is -2.24. The average Bonchev–Trinajstić information content (AvgIpc) is 2.36. The van der Waals surface area contributed by atoms with E-state index in [-0.39, 0.29) is 5.91 Å². The van der Waals surface area contributed by atoms with Crippen LogP contribution in [0.4, 0.5) is 0 Å². The first-order valence-electron chi connectivity index (χ1n) is 3.80. The summed E-state index contributed by atoms with van der Waals surface area (Å²) in [6.45, 7) is 2.17. The van der Waals surface area contributed by atoms with Crippen molar-refractivity contribution in [3.8, 4) is 0 Å². The Morgan fingerprint density at radius 3 is 2.83 bits per heavy atom. The summed E-state index contributed by atoms with van der Waals surface area (Å²) in [5.41, 5.74) is 1.03. The number of carbonyl (C=O) groups excluding carboxylic acids is 1. The molecule has 1 amide bonds. The molecular formula is C8H13N3O. The van der Waals surface area contributed by atoms with Gasteiger partial charge in [0, 0.05) is 27.2 Å². The first kappa shape index (κ1) is 8.77. The number of hydrogen-bond acceptors (Lipinski definition) is 2. The van der Waals surface area contributed by atoms with Gasteiger partial charge in [-0.05, 0) is 6.07 Å². The van der Waals surface area contributed by atoms with Crippen LogP contribution in [0.15, 0.2) is 12.3 Å². The third-order valence-corrected chi connectivity index (χ3v) is 1.86. The Kier molecular flexibility index (Phi) is 2.47. The van der Waals surface area contributed by atoms with Crippen molar-refractivity contribution < 1.29 is 4.79 Å². The van der Waals surface area contributed by atoms with Crippen LogP contribution in [-0.4, -0.2) is 27.6 Å². The molecule has 0 fully saturated rings. The van der Waals surface area contributed by atoms with Crippen molar-refractivity contribution in [2.45, 2.75) is 13.5 Å². The molecule has 1 heterocycles. The molecule has 0 aliphatic rings. The van der Waals surface area contributed by atoms with Gasteiger partial charge in [-0.25, -0.2) is 0 Å². The fourth-order valence-corrected chi connectivity index (χ4v) is 0.911. The molecule has 0 aliphatic carbocycles. The lowest BCUT2D eigenvalue weighted by atomic mass is 10.4. The molecule has 0 aliphatic heterocycles. The maximum absolute atomic E-state index is 10.9. The molecule has 0 radical (unpaired) electrons. The topological polar surface area (TPSA) is 38.1 Å². The fraction of sp³-hybridized carbons (Fsp3) is 0.500. The van der Waals surface area contributed by atoms with Gasteiger partial charge in [0.2, 0.25) is 5.91 Å². The third kappa shape index (κ3) is 1.84. The molecule has 0 atom stereocenters. The molecule has 0 spiro atoms. The highest BCUT2D eigenvalue weighted by Crippen LogP contribution is 2.00. The molecule has 0 unspecified atom stereocenters. The molecule has 1 rings (SSSR count). The maximum atomic E-state index is 10.9. The molecule has 4 nitrogen and oxygen atoms in total. The number of aryl methyl sites for hydroxylation is 1. The van der Waals surface area contributed by atoms with Crippen molar-refractivity contribution in [1.29, 1.82) is 0 Å². The molecule has 1 aromatic heterocycles. The van der Waals surface area contributed by atoms with Crippen molar-refractivity contribution in [2.24, 2.45) is 7.05 Å². The Balaban J connectivity index is 2.64. The molecule has 0 saturated carbocycles. The Bertz CT molecular complexity index is 280. The van der Waals surface area contributed by atoms with Crippen LogP contribution in [0.25, 0.3) is 0 Å². The molecule has 1 aromatic rings. The predicted octanol–water partition coefficient (Wildman–Crippen LogP) is 0.398. The lowest BCUT2D eigenvalue weighted by Gasteiger charge is -2.14. The number of carbonyl (C=O) groups is 1. The monoisotopic (exact) mass is 167 g/mol. The van der Waals surface area contributed by atoms with Gasteiger partial charge in [-0.1, -0.05) is 0 Å². The van der Waals surface area contributed by atoms with Crippen LogP contribution in [0.5, 0.6) is 0 Å². The average molecular weight is 167 g/mol. The van der Waals surface area contributed by atoms with Crippen LogP contribution in [-0.2, 0) is 18.4 Å². The minimum atomic E-state index is 0.0659. The largest absolute Gasteiger partial charge is 0.340 e. The van der Waals surface area contributed by atoms with E-state index in [1.54, 1.807) is 29.7 Å². The summed E-state index contributed by atoms with van der Waals surface area (Å²) >= 11 is 0. The molecule has 12 heavy (non-hydrogen) atoms. The highest BCUT2D eigenvalue weighted by Gasteiger charge is 2.05. The van der Waals surface area contributed by atoms with E-state index in [9.17, 15) is 4.79 Å². The third-order valence-electron chi connectivity index (χ3n) is 1.86. The van der Waals surface area contributed by atoms with Crippen LogP contribution >= 0.6 is 0 Å². The first-order chi connectivity index (χ1) is 5.61. The van der Waals surface area contributed by atoms with Crippen molar-refractivity contribution >= 4 is 5.91 Å². The van der Waals surface area contributed by atoms with E-state index in [1.807, 2.05) is 13.1 Å². The van der Waals surface area contributed by atoms with Gasteiger partial charge >= 0.3 is 0 Å². The zero-order chi connectivity index (χ0) is 9.14. The number of aromatic nitrogens is 2. The smallest absolute Gasteiger partial charge is 0.219 e. The highest BCUT2D eigenvalue weighted by atomic mass is 16.2. The SMILES string of the molecule is CC(=O)N(C)Cc1ccnn1C. The second kappa shape index (κ2) is 3.38.